The number of benzene rings is 1. The van der Waals surface area contributed by atoms with Gasteiger partial charge in [0.2, 0.25) is 24.5 Å². The van der Waals surface area contributed by atoms with E-state index in [4.69, 9.17) is 14.0 Å². The first-order chi connectivity index (χ1) is 13.0. The van der Waals surface area contributed by atoms with Gasteiger partial charge in [0.25, 0.3) is 0 Å². The van der Waals surface area contributed by atoms with Crippen LogP contribution in [0.4, 0.5) is 8.78 Å². The molecule has 4 rings (SSSR count). The summed E-state index contributed by atoms with van der Waals surface area (Å²) in [4.78, 5) is 16.3. The van der Waals surface area contributed by atoms with Crippen molar-refractivity contribution < 1.29 is 27.6 Å². The van der Waals surface area contributed by atoms with Crippen LogP contribution in [0, 0.1) is 0 Å². The van der Waals surface area contributed by atoms with Gasteiger partial charge in [-0.15, -0.1) is 0 Å². The average Bonchev–Trinajstić information content (AvgIpc) is 3.29. The van der Waals surface area contributed by atoms with Crippen LogP contribution in [0.3, 0.4) is 0 Å². The topological polar surface area (TPSA) is 86.5 Å². The van der Waals surface area contributed by atoms with Gasteiger partial charge in [0.1, 0.15) is 0 Å². The van der Waals surface area contributed by atoms with Crippen LogP contribution in [0.1, 0.15) is 48.9 Å². The summed E-state index contributed by atoms with van der Waals surface area (Å²) in [6.45, 7) is 0.280. The number of ether oxygens (including phenoxy) is 2. The quantitative estimate of drug-likeness (QED) is 0.860. The summed E-state index contributed by atoms with van der Waals surface area (Å²) in [6.07, 6.45) is 0.530. The maximum Gasteiger partial charge on any atom is 0.248 e. The van der Waals surface area contributed by atoms with Crippen molar-refractivity contribution in [3.05, 3.63) is 35.5 Å². The Kier molecular flexibility index (Phi) is 4.67. The summed E-state index contributed by atoms with van der Waals surface area (Å²) in [5, 5.41) is 6.59. The Hall–Kier alpha value is -2.71. The Balaban J connectivity index is 1.28. The first-order valence-corrected chi connectivity index (χ1v) is 8.84. The predicted molar refractivity (Wildman–Crippen MR) is 88.6 cm³/mol. The van der Waals surface area contributed by atoms with Gasteiger partial charge in [0.15, 0.2) is 17.3 Å². The minimum absolute atomic E-state index is 0.0965. The Bertz CT molecular complexity index is 830. The van der Waals surface area contributed by atoms with Gasteiger partial charge in [-0.1, -0.05) is 11.2 Å². The number of nitrogens with zero attached hydrogens (tertiary/aromatic N) is 2. The molecule has 1 aliphatic carbocycles. The summed E-state index contributed by atoms with van der Waals surface area (Å²) in [6, 6.07) is 5.34. The molecular weight excluding hydrogens is 360 g/mol. The summed E-state index contributed by atoms with van der Waals surface area (Å²) in [5.41, 5.74) is 0.797. The molecular formula is C18H19F2N3O4. The molecule has 0 unspecified atom stereocenters. The molecule has 0 radical (unpaired) electrons. The van der Waals surface area contributed by atoms with Crippen molar-refractivity contribution in [3.8, 4) is 11.5 Å². The van der Waals surface area contributed by atoms with Gasteiger partial charge in [-0.05, 0) is 30.5 Å². The molecule has 0 spiro atoms. The van der Waals surface area contributed by atoms with Gasteiger partial charge in [0, 0.05) is 18.8 Å². The van der Waals surface area contributed by atoms with E-state index in [1.807, 2.05) is 0 Å². The van der Waals surface area contributed by atoms with E-state index in [2.05, 4.69) is 15.5 Å². The zero-order valence-corrected chi connectivity index (χ0v) is 14.5. The fourth-order valence-corrected chi connectivity index (χ4v) is 3.28. The number of fused-ring (bicyclic) bond motifs is 1. The van der Waals surface area contributed by atoms with E-state index in [1.54, 1.807) is 18.2 Å². The second-order valence-corrected chi connectivity index (χ2v) is 6.82. The number of alkyl halides is 2. The minimum atomic E-state index is -2.59. The standard InChI is InChI=1S/C18H19F2N3O4/c19-18(20)5-3-12(4-6-18)17-22-16(27-23-17)9-21-15(24)8-11-1-2-13-14(7-11)26-10-25-13/h1-2,7,12H,3-6,8-10H2,(H,21,24). The van der Waals surface area contributed by atoms with Crippen LogP contribution in [0.15, 0.2) is 22.7 Å². The third-order valence-electron chi connectivity index (χ3n) is 4.80. The maximum absolute atomic E-state index is 13.2. The predicted octanol–water partition coefficient (Wildman–Crippen LogP) is 2.95. The lowest BCUT2D eigenvalue weighted by atomic mass is 9.86. The smallest absolute Gasteiger partial charge is 0.248 e. The molecule has 0 saturated heterocycles. The highest BCUT2D eigenvalue weighted by atomic mass is 19.3. The maximum atomic E-state index is 13.2. The summed E-state index contributed by atoms with van der Waals surface area (Å²) < 4.78 is 42.1. The van der Waals surface area contributed by atoms with Crippen LogP contribution >= 0.6 is 0 Å². The average molecular weight is 379 g/mol. The van der Waals surface area contributed by atoms with E-state index in [-0.39, 0.29) is 50.3 Å². The highest BCUT2D eigenvalue weighted by molar-refractivity contribution is 5.78. The van der Waals surface area contributed by atoms with Gasteiger partial charge in [-0.3, -0.25) is 4.79 Å². The lowest BCUT2D eigenvalue weighted by Gasteiger charge is -2.26. The molecule has 1 saturated carbocycles. The molecule has 1 aromatic carbocycles. The van der Waals surface area contributed by atoms with Gasteiger partial charge in [-0.25, -0.2) is 8.78 Å². The number of aromatic nitrogens is 2. The number of carbonyl (C=O) groups excluding carboxylic acids is 1. The van der Waals surface area contributed by atoms with Crippen LogP contribution in [0.5, 0.6) is 11.5 Å². The number of halogens is 2. The monoisotopic (exact) mass is 379 g/mol. The van der Waals surface area contributed by atoms with Gasteiger partial charge in [0.05, 0.1) is 13.0 Å². The van der Waals surface area contributed by atoms with E-state index >= 15 is 0 Å². The van der Waals surface area contributed by atoms with Crippen LogP contribution in [0.2, 0.25) is 0 Å². The normalized spacial score (nSPS) is 18.4. The highest BCUT2D eigenvalue weighted by Crippen LogP contribution is 2.39. The molecule has 1 aliphatic heterocycles. The van der Waals surface area contributed by atoms with Crippen LogP contribution in [-0.2, 0) is 17.8 Å². The van der Waals surface area contributed by atoms with Crippen molar-refractivity contribution in [2.75, 3.05) is 6.79 Å². The molecule has 0 atom stereocenters. The SMILES string of the molecule is O=C(Cc1ccc2c(c1)OCO2)NCc1nc(C2CCC(F)(F)CC2)no1. The minimum Gasteiger partial charge on any atom is -0.454 e. The third-order valence-corrected chi connectivity index (χ3v) is 4.80. The van der Waals surface area contributed by atoms with Gasteiger partial charge < -0.3 is 19.3 Å². The van der Waals surface area contributed by atoms with Crippen molar-refractivity contribution >= 4 is 5.91 Å². The second kappa shape index (κ2) is 7.13. The van der Waals surface area contributed by atoms with E-state index in [0.717, 1.165) is 5.56 Å². The van der Waals surface area contributed by atoms with Crippen LogP contribution in [-0.4, -0.2) is 28.8 Å². The Morgan fingerprint density at radius 3 is 2.81 bits per heavy atom. The zero-order valence-electron chi connectivity index (χ0n) is 14.5. The Labute approximate surface area is 154 Å². The van der Waals surface area contributed by atoms with E-state index in [0.29, 0.717) is 30.2 Å². The fourth-order valence-electron chi connectivity index (χ4n) is 3.28. The summed E-state index contributed by atoms with van der Waals surface area (Å²) in [5.74, 6) is -0.923. The Morgan fingerprint density at radius 1 is 1.22 bits per heavy atom. The zero-order chi connectivity index (χ0) is 18.9. The molecule has 1 fully saturated rings. The van der Waals surface area contributed by atoms with E-state index < -0.39 is 5.92 Å². The van der Waals surface area contributed by atoms with Gasteiger partial charge >= 0.3 is 0 Å². The molecule has 1 N–H and O–H groups in total. The number of hydrogen-bond donors (Lipinski definition) is 1. The van der Waals surface area contributed by atoms with Crippen molar-refractivity contribution in [1.29, 1.82) is 0 Å². The first kappa shape index (κ1) is 17.7. The lowest BCUT2D eigenvalue weighted by molar-refractivity contribution is -0.120. The Morgan fingerprint density at radius 2 is 2.00 bits per heavy atom. The molecule has 1 aromatic heterocycles. The summed E-state index contributed by atoms with van der Waals surface area (Å²) >= 11 is 0. The number of carbonyl (C=O) groups is 1. The second-order valence-electron chi connectivity index (χ2n) is 6.82. The van der Waals surface area contributed by atoms with Crippen molar-refractivity contribution in [2.45, 2.75) is 50.5 Å². The molecule has 2 aliphatic rings. The molecule has 1 amide bonds. The summed E-state index contributed by atoms with van der Waals surface area (Å²) in [7, 11) is 0. The molecule has 0 bridgehead atoms. The number of hydrogen-bond acceptors (Lipinski definition) is 6. The molecule has 2 aromatic rings. The highest BCUT2D eigenvalue weighted by Gasteiger charge is 2.36. The third kappa shape index (κ3) is 4.17. The lowest BCUT2D eigenvalue weighted by Crippen LogP contribution is -2.25. The number of rotatable bonds is 5. The van der Waals surface area contributed by atoms with Gasteiger partial charge in [-0.2, -0.15) is 4.98 Å². The fraction of sp³-hybridized carbons (Fsp3) is 0.500. The van der Waals surface area contributed by atoms with Crippen LogP contribution < -0.4 is 14.8 Å². The van der Waals surface area contributed by atoms with E-state index in [1.165, 1.54) is 0 Å². The van der Waals surface area contributed by atoms with Crippen molar-refractivity contribution in [1.82, 2.24) is 15.5 Å². The molecule has 27 heavy (non-hydrogen) atoms. The molecule has 9 heteroatoms. The number of nitrogens with one attached hydrogen (secondary N) is 1. The van der Waals surface area contributed by atoms with E-state index in [9.17, 15) is 13.6 Å². The first-order valence-electron chi connectivity index (χ1n) is 8.84. The van der Waals surface area contributed by atoms with Crippen molar-refractivity contribution in [2.24, 2.45) is 0 Å². The molecule has 2 heterocycles. The largest absolute Gasteiger partial charge is 0.454 e. The van der Waals surface area contributed by atoms with Crippen LogP contribution in [0.25, 0.3) is 0 Å². The number of amides is 1. The molecule has 7 nitrogen and oxygen atoms in total. The van der Waals surface area contributed by atoms with Crippen molar-refractivity contribution in [3.63, 3.8) is 0 Å². The molecule has 144 valence electrons.